The van der Waals surface area contributed by atoms with E-state index < -0.39 is 0 Å². The number of hydrogen-bond donors (Lipinski definition) is 1. The van der Waals surface area contributed by atoms with Gasteiger partial charge in [0.1, 0.15) is 11.9 Å². The van der Waals surface area contributed by atoms with E-state index in [9.17, 15) is 0 Å². The fourth-order valence-corrected chi connectivity index (χ4v) is 2.01. The van der Waals surface area contributed by atoms with E-state index in [0.717, 1.165) is 25.3 Å². The summed E-state index contributed by atoms with van der Waals surface area (Å²) < 4.78 is 5.97. The van der Waals surface area contributed by atoms with E-state index in [4.69, 9.17) is 4.74 Å². The van der Waals surface area contributed by atoms with Crippen LogP contribution in [0.4, 0.5) is 0 Å². The predicted octanol–water partition coefficient (Wildman–Crippen LogP) is 2.51. The molecule has 2 heterocycles. The molecule has 2 rings (SSSR count). The molecular formula is C14H22N2O. The first kappa shape index (κ1) is 12.4. The normalized spacial score (nSPS) is 21.2. The summed E-state index contributed by atoms with van der Waals surface area (Å²) in [6.45, 7) is 8.63. The smallest absolute Gasteiger partial charge is 0.138 e. The number of piperidine rings is 1. The van der Waals surface area contributed by atoms with Crippen molar-refractivity contribution >= 4 is 0 Å². The Bertz CT molecular complexity index is 365. The summed E-state index contributed by atoms with van der Waals surface area (Å²) >= 11 is 0. The number of hydrogen-bond acceptors (Lipinski definition) is 3. The van der Waals surface area contributed by atoms with Crippen molar-refractivity contribution in [1.82, 2.24) is 10.3 Å². The highest BCUT2D eigenvalue weighted by atomic mass is 16.5. The van der Waals surface area contributed by atoms with Crippen LogP contribution in [0.25, 0.3) is 0 Å². The van der Waals surface area contributed by atoms with Crippen molar-refractivity contribution in [2.75, 3.05) is 13.1 Å². The Morgan fingerprint density at radius 2 is 2.18 bits per heavy atom. The summed E-state index contributed by atoms with van der Waals surface area (Å²) in [4.78, 5) is 4.27. The number of pyridine rings is 1. The molecule has 1 atom stereocenters. The van der Waals surface area contributed by atoms with Gasteiger partial charge >= 0.3 is 0 Å². The highest BCUT2D eigenvalue weighted by molar-refractivity contribution is 5.28. The zero-order valence-corrected chi connectivity index (χ0v) is 11.0. The van der Waals surface area contributed by atoms with Crippen molar-refractivity contribution in [2.45, 2.75) is 45.1 Å². The zero-order chi connectivity index (χ0) is 12.3. The van der Waals surface area contributed by atoms with Gasteiger partial charge in [0.15, 0.2) is 0 Å². The maximum Gasteiger partial charge on any atom is 0.138 e. The first-order valence-corrected chi connectivity index (χ1v) is 6.38. The van der Waals surface area contributed by atoms with Crippen LogP contribution in [0.1, 0.15) is 39.2 Å². The molecular weight excluding hydrogens is 212 g/mol. The molecule has 1 N–H and O–H groups in total. The SMILES string of the molecule is CC(C)(C)c1cncc(O[C@@H]2CCCNC2)c1. The molecule has 3 nitrogen and oxygen atoms in total. The molecule has 0 unspecified atom stereocenters. The summed E-state index contributed by atoms with van der Waals surface area (Å²) in [5.74, 6) is 0.895. The molecule has 1 aromatic heterocycles. The maximum absolute atomic E-state index is 5.97. The lowest BCUT2D eigenvalue weighted by atomic mass is 9.88. The summed E-state index contributed by atoms with van der Waals surface area (Å²) in [6.07, 6.45) is 6.35. The van der Waals surface area contributed by atoms with E-state index in [2.05, 4.69) is 37.1 Å². The van der Waals surface area contributed by atoms with Crippen LogP contribution < -0.4 is 10.1 Å². The standard InChI is InChI=1S/C14H22N2O/c1-14(2,3)11-7-13(10-16-8-11)17-12-5-4-6-15-9-12/h7-8,10,12,15H,4-6,9H2,1-3H3/t12-/m1/s1. The molecule has 0 radical (unpaired) electrons. The minimum Gasteiger partial charge on any atom is -0.487 e. The van der Waals surface area contributed by atoms with Gasteiger partial charge in [-0.15, -0.1) is 0 Å². The van der Waals surface area contributed by atoms with E-state index in [1.165, 1.54) is 12.0 Å². The van der Waals surface area contributed by atoms with Crippen LogP contribution in [0.2, 0.25) is 0 Å². The van der Waals surface area contributed by atoms with Crippen LogP contribution in [0.5, 0.6) is 5.75 Å². The maximum atomic E-state index is 5.97. The number of nitrogens with zero attached hydrogens (tertiary/aromatic N) is 1. The molecule has 0 saturated carbocycles. The van der Waals surface area contributed by atoms with E-state index in [1.54, 1.807) is 0 Å². The van der Waals surface area contributed by atoms with Gasteiger partial charge in [-0.2, -0.15) is 0 Å². The Kier molecular flexibility index (Phi) is 3.67. The van der Waals surface area contributed by atoms with Crippen LogP contribution in [0.15, 0.2) is 18.5 Å². The third-order valence-corrected chi connectivity index (χ3v) is 3.13. The van der Waals surface area contributed by atoms with Gasteiger partial charge in [0, 0.05) is 12.7 Å². The van der Waals surface area contributed by atoms with Gasteiger partial charge in [0.05, 0.1) is 6.20 Å². The number of aromatic nitrogens is 1. The average molecular weight is 234 g/mol. The highest BCUT2D eigenvalue weighted by Gasteiger charge is 2.17. The van der Waals surface area contributed by atoms with E-state index in [-0.39, 0.29) is 5.41 Å². The van der Waals surface area contributed by atoms with Gasteiger partial charge in [-0.25, -0.2) is 0 Å². The molecule has 1 aromatic rings. The van der Waals surface area contributed by atoms with Gasteiger partial charge in [-0.05, 0) is 36.4 Å². The summed E-state index contributed by atoms with van der Waals surface area (Å²) in [6, 6.07) is 2.11. The molecule has 1 saturated heterocycles. The molecule has 1 aliphatic heterocycles. The van der Waals surface area contributed by atoms with Crippen LogP contribution >= 0.6 is 0 Å². The summed E-state index contributed by atoms with van der Waals surface area (Å²) in [5, 5.41) is 3.35. The molecule has 1 aliphatic rings. The Hall–Kier alpha value is -1.09. The molecule has 0 aromatic carbocycles. The van der Waals surface area contributed by atoms with Crippen molar-refractivity contribution in [2.24, 2.45) is 0 Å². The minimum absolute atomic E-state index is 0.122. The molecule has 0 bridgehead atoms. The van der Waals surface area contributed by atoms with Crippen molar-refractivity contribution in [1.29, 1.82) is 0 Å². The molecule has 94 valence electrons. The van der Waals surface area contributed by atoms with Gasteiger partial charge < -0.3 is 10.1 Å². The van der Waals surface area contributed by atoms with Crippen molar-refractivity contribution in [3.63, 3.8) is 0 Å². The lowest BCUT2D eigenvalue weighted by molar-refractivity contribution is 0.166. The van der Waals surface area contributed by atoms with Gasteiger partial charge in [-0.1, -0.05) is 20.8 Å². The van der Waals surface area contributed by atoms with Crippen molar-refractivity contribution in [3.8, 4) is 5.75 Å². The first-order chi connectivity index (χ1) is 8.05. The Balaban J connectivity index is 2.05. The number of rotatable bonds is 2. The molecule has 1 fully saturated rings. The lowest BCUT2D eigenvalue weighted by Gasteiger charge is -2.25. The van der Waals surface area contributed by atoms with E-state index in [1.807, 2.05) is 12.4 Å². The summed E-state index contributed by atoms with van der Waals surface area (Å²) in [5.41, 5.74) is 1.34. The van der Waals surface area contributed by atoms with Crippen molar-refractivity contribution in [3.05, 3.63) is 24.0 Å². The highest BCUT2D eigenvalue weighted by Crippen LogP contribution is 2.25. The van der Waals surface area contributed by atoms with Crippen molar-refractivity contribution < 1.29 is 4.74 Å². The second-order valence-corrected chi connectivity index (χ2v) is 5.75. The van der Waals surface area contributed by atoms with Crippen LogP contribution in [0.3, 0.4) is 0 Å². The topological polar surface area (TPSA) is 34.1 Å². The van der Waals surface area contributed by atoms with E-state index >= 15 is 0 Å². The number of ether oxygens (including phenoxy) is 1. The summed E-state index contributed by atoms with van der Waals surface area (Å²) in [7, 11) is 0. The fraction of sp³-hybridized carbons (Fsp3) is 0.643. The van der Waals surface area contributed by atoms with Crippen LogP contribution in [-0.4, -0.2) is 24.2 Å². The van der Waals surface area contributed by atoms with Gasteiger partial charge in [0.25, 0.3) is 0 Å². The van der Waals surface area contributed by atoms with Gasteiger partial charge in [0.2, 0.25) is 0 Å². The molecule has 0 aliphatic carbocycles. The minimum atomic E-state index is 0.122. The number of nitrogens with one attached hydrogen (secondary N) is 1. The Labute approximate surface area is 104 Å². The molecule has 3 heteroatoms. The van der Waals surface area contributed by atoms with E-state index in [0.29, 0.717) is 6.10 Å². The fourth-order valence-electron chi connectivity index (χ4n) is 2.01. The largest absolute Gasteiger partial charge is 0.487 e. The third kappa shape index (κ3) is 3.43. The van der Waals surface area contributed by atoms with Gasteiger partial charge in [-0.3, -0.25) is 4.98 Å². The Morgan fingerprint density at radius 1 is 1.35 bits per heavy atom. The van der Waals surface area contributed by atoms with Crippen LogP contribution in [0, 0.1) is 0 Å². The lowest BCUT2D eigenvalue weighted by Crippen LogP contribution is -2.37. The monoisotopic (exact) mass is 234 g/mol. The predicted molar refractivity (Wildman–Crippen MR) is 69.5 cm³/mol. The third-order valence-electron chi connectivity index (χ3n) is 3.13. The Morgan fingerprint density at radius 3 is 2.82 bits per heavy atom. The molecule has 0 amide bonds. The molecule has 0 spiro atoms. The average Bonchev–Trinajstić information content (AvgIpc) is 2.29. The second kappa shape index (κ2) is 5.05. The quantitative estimate of drug-likeness (QED) is 0.853. The second-order valence-electron chi connectivity index (χ2n) is 5.75. The first-order valence-electron chi connectivity index (χ1n) is 6.38. The molecule has 17 heavy (non-hydrogen) atoms. The zero-order valence-electron chi connectivity index (χ0n) is 11.0. The van der Waals surface area contributed by atoms with Crippen LogP contribution in [-0.2, 0) is 5.41 Å².